The summed E-state index contributed by atoms with van der Waals surface area (Å²) in [5.41, 5.74) is 2.37. The van der Waals surface area contributed by atoms with Gasteiger partial charge in [0.25, 0.3) is 0 Å². The third kappa shape index (κ3) is 4.57. The van der Waals surface area contributed by atoms with Crippen LogP contribution in [0, 0.1) is 0 Å². The summed E-state index contributed by atoms with van der Waals surface area (Å²) in [5.74, 6) is 0. The van der Waals surface area contributed by atoms with Crippen molar-refractivity contribution in [2.45, 2.75) is 31.6 Å². The average Bonchev–Trinajstić information content (AvgIpc) is 2.95. The molecule has 2 aromatic carbocycles. The Morgan fingerprint density at radius 3 is 2.30 bits per heavy atom. The Bertz CT molecular complexity index is 615. The molecule has 2 atom stereocenters. The van der Waals surface area contributed by atoms with Crippen molar-refractivity contribution in [1.82, 2.24) is 5.32 Å². The molecule has 0 aliphatic carbocycles. The molecule has 1 saturated heterocycles. The number of nitrogens with one attached hydrogen (secondary N) is 1. The quantitative estimate of drug-likeness (QED) is 0.853. The number of alkyl carbamates (subject to hydrolysis) is 1. The summed E-state index contributed by atoms with van der Waals surface area (Å²) in [5, 5.41) is 2.84. The van der Waals surface area contributed by atoms with E-state index in [-0.39, 0.29) is 18.2 Å². The molecule has 0 spiro atoms. The van der Waals surface area contributed by atoms with Gasteiger partial charge in [0.05, 0.1) is 19.3 Å². The Balaban J connectivity index is 1.48. The zero-order chi connectivity index (χ0) is 15.9. The molecule has 4 heteroatoms. The highest BCUT2D eigenvalue weighted by Gasteiger charge is 2.33. The number of aryl methyl sites for hydroxylation is 1. The van der Waals surface area contributed by atoms with Crippen LogP contribution in [0.2, 0.25) is 0 Å². The molecule has 0 bridgehead atoms. The first kappa shape index (κ1) is 15.6. The van der Waals surface area contributed by atoms with Gasteiger partial charge in [-0.2, -0.15) is 0 Å². The summed E-state index contributed by atoms with van der Waals surface area (Å²) in [6.07, 6.45) is 1.19. The van der Waals surface area contributed by atoms with Crippen LogP contribution in [0.25, 0.3) is 0 Å². The maximum atomic E-state index is 11.5. The lowest BCUT2D eigenvalue weighted by Gasteiger charge is -2.17. The van der Waals surface area contributed by atoms with Crippen molar-refractivity contribution in [2.24, 2.45) is 0 Å². The maximum Gasteiger partial charge on any atom is 0.407 e. The third-order valence-corrected chi connectivity index (χ3v) is 3.98. The van der Waals surface area contributed by atoms with E-state index in [2.05, 4.69) is 17.4 Å². The van der Waals surface area contributed by atoms with E-state index < -0.39 is 0 Å². The Morgan fingerprint density at radius 1 is 0.957 bits per heavy atom. The second-order valence-corrected chi connectivity index (χ2v) is 5.72. The molecule has 1 aliphatic rings. The van der Waals surface area contributed by atoms with E-state index in [1.807, 2.05) is 48.5 Å². The van der Waals surface area contributed by atoms with E-state index in [9.17, 15) is 4.79 Å². The molecule has 0 unspecified atom stereocenters. The summed E-state index contributed by atoms with van der Waals surface area (Å²) >= 11 is 0. The van der Waals surface area contributed by atoms with Crippen LogP contribution < -0.4 is 5.32 Å². The van der Waals surface area contributed by atoms with Gasteiger partial charge in [-0.15, -0.1) is 0 Å². The maximum absolute atomic E-state index is 11.5. The molecule has 1 fully saturated rings. The van der Waals surface area contributed by atoms with E-state index in [4.69, 9.17) is 9.47 Å². The number of benzene rings is 2. The van der Waals surface area contributed by atoms with Crippen LogP contribution in [0.15, 0.2) is 60.7 Å². The third-order valence-electron chi connectivity index (χ3n) is 3.98. The summed E-state index contributed by atoms with van der Waals surface area (Å²) < 4.78 is 11.1. The SMILES string of the molecule is O=C1N[C@@H](COCc2ccccc2)[C@H](CCc2ccccc2)O1. The molecular weight excluding hydrogens is 290 g/mol. The Morgan fingerprint density at radius 2 is 1.61 bits per heavy atom. The van der Waals surface area contributed by atoms with Crippen LogP contribution in [0.1, 0.15) is 17.5 Å². The highest BCUT2D eigenvalue weighted by Crippen LogP contribution is 2.16. The number of amides is 1. The fourth-order valence-corrected chi connectivity index (χ4v) is 2.74. The lowest BCUT2D eigenvalue weighted by atomic mass is 10.0. The van der Waals surface area contributed by atoms with E-state index in [0.29, 0.717) is 13.2 Å². The number of carbonyl (C=O) groups is 1. The monoisotopic (exact) mass is 311 g/mol. The highest BCUT2D eigenvalue weighted by atomic mass is 16.6. The molecule has 0 radical (unpaired) electrons. The molecule has 1 heterocycles. The molecule has 2 aromatic rings. The molecule has 23 heavy (non-hydrogen) atoms. The van der Waals surface area contributed by atoms with Crippen LogP contribution >= 0.6 is 0 Å². The molecular formula is C19H21NO3. The van der Waals surface area contributed by atoms with Gasteiger partial charge < -0.3 is 14.8 Å². The summed E-state index contributed by atoms with van der Waals surface area (Å²) in [6, 6.07) is 20.1. The lowest BCUT2D eigenvalue weighted by molar-refractivity contribution is 0.0689. The van der Waals surface area contributed by atoms with Crippen LogP contribution in [0.3, 0.4) is 0 Å². The number of cyclic esters (lactones) is 1. The Kier molecular flexibility index (Phi) is 5.27. The number of carbonyl (C=O) groups excluding carboxylic acids is 1. The number of hydrogen-bond acceptors (Lipinski definition) is 3. The van der Waals surface area contributed by atoms with Crippen molar-refractivity contribution in [3.05, 3.63) is 71.8 Å². The summed E-state index contributed by atoms with van der Waals surface area (Å²) in [7, 11) is 0. The zero-order valence-electron chi connectivity index (χ0n) is 13.0. The van der Waals surface area contributed by atoms with Crippen molar-refractivity contribution in [2.75, 3.05) is 6.61 Å². The summed E-state index contributed by atoms with van der Waals surface area (Å²) in [6.45, 7) is 0.999. The molecule has 1 amide bonds. The van der Waals surface area contributed by atoms with Crippen molar-refractivity contribution >= 4 is 6.09 Å². The molecule has 120 valence electrons. The topological polar surface area (TPSA) is 47.6 Å². The van der Waals surface area contributed by atoms with Gasteiger partial charge in [-0.25, -0.2) is 4.79 Å². The van der Waals surface area contributed by atoms with E-state index >= 15 is 0 Å². The number of ether oxygens (including phenoxy) is 2. The Labute approximate surface area is 136 Å². The van der Waals surface area contributed by atoms with Gasteiger partial charge in [0.2, 0.25) is 0 Å². The van der Waals surface area contributed by atoms with Gasteiger partial charge in [-0.1, -0.05) is 60.7 Å². The van der Waals surface area contributed by atoms with E-state index in [1.54, 1.807) is 0 Å². The van der Waals surface area contributed by atoms with Gasteiger partial charge >= 0.3 is 6.09 Å². The van der Waals surface area contributed by atoms with Gasteiger partial charge in [-0.05, 0) is 24.0 Å². The Hall–Kier alpha value is -2.33. The molecule has 1 aliphatic heterocycles. The lowest BCUT2D eigenvalue weighted by Crippen LogP contribution is -2.36. The van der Waals surface area contributed by atoms with Gasteiger partial charge in [0.15, 0.2) is 0 Å². The van der Waals surface area contributed by atoms with E-state index in [0.717, 1.165) is 18.4 Å². The second kappa shape index (κ2) is 7.79. The van der Waals surface area contributed by atoms with Crippen LogP contribution in [-0.2, 0) is 22.5 Å². The van der Waals surface area contributed by atoms with E-state index in [1.165, 1.54) is 5.56 Å². The minimum atomic E-state index is -0.351. The first-order valence-electron chi connectivity index (χ1n) is 7.94. The van der Waals surface area contributed by atoms with Gasteiger partial charge in [0.1, 0.15) is 6.10 Å². The summed E-state index contributed by atoms with van der Waals surface area (Å²) in [4.78, 5) is 11.5. The second-order valence-electron chi connectivity index (χ2n) is 5.72. The number of rotatable bonds is 7. The fourth-order valence-electron chi connectivity index (χ4n) is 2.74. The van der Waals surface area contributed by atoms with Crippen molar-refractivity contribution in [3.8, 4) is 0 Å². The number of hydrogen-bond donors (Lipinski definition) is 1. The van der Waals surface area contributed by atoms with Crippen molar-refractivity contribution in [1.29, 1.82) is 0 Å². The zero-order valence-corrected chi connectivity index (χ0v) is 13.0. The predicted molar refractivity (Wildman–Crippen MR) is 88.1 cm³/mol. The molecule has 3 rings (SSSR count). The molecule has 0 saturated carbocycles. The highest BCUT2D eigenvalue weighted by molar-refractivity contribution is 5.70. The average molecular weight is 311 g/mol. The predicted octanol–water partition coefficient (Wildman–Crippen LogP) is 3.31. The molecule has 1 N–H and O–H groups in total. The first-order chi connectivity index (χ1) is 11.3. The fraction of sp³-hybridized carbons (Fsp3) is 0.316. The van der Waals surface area contributed by atoms with Crippen LogP contribution in [0.4, 0.5) is 4.79 Å². The standard InChI is InChI=1S/C19H21NO3/c21-19-20-17(14-22-13-16-9-5-2-6-10-16)18(23-19)12-11-15-7-3-1-4-8-15/h1-10,17-18H,11-14H2,(H,20,21)/t17-,18-/m0/s1. The van der Waals surface area contributed by atoms with Crippen molar-refractivity contribution < 1.29 is 14.3 Å². The first-order valence-corrected chi connectivity index (χ1v) is 7.94. The minimum absolute atomic E-state index is 0.0880. The molecule has 0 aromatic heterocycles. The van der Waals surface area contributed by atoms with Gasteiger partial charge in [0, 0.05) is 0 Å². The molecule has 4 nitrogen and oxygen atoms in total. The minimum Gasteiger partial charge on any atom is -0.444 e. The normalized spacial score (nSPS) is 20.1. The van der Waals surface area contributed by atoms with Crippen LogP contribution in [-0.4, -0.2) is 24.8 Å². The van der Waals surface area contributed by atoms with Crippen molar-refractivity contribution in [3.63, 3.8) is 0 Å². The van der Waals surface area contributed by atoms with Gasteiger partial charge in [-0.3, -0.25) is 0 Å². The van der Waals surface area contributed by atoms with Crippen LogP contribution in [0.5, 0.6) is 0 Å². The smallest absolute Gasteiger partial charge is 0.407 e. The largest absolute Gasteiger partial charge is 0.444 e.